The van der Waals surface area contributed by atoms with Crippen molar-refractivity contribution < 1.29 is 19.4 Å². The summed E-state index contributed by atoms with van der Waals surface area (Å²) in [4.78, 5) is 23.0. The van der Waals surface area contributed by atoms with Gasteiger partial charge in [0.25, 0.3) is 0 Å². The lowest BCUT2D eigenvalue weighted by Gasteiger charge is -2.23. The topological polar surface area (TPSA) is 87.7 Å². The van der Waals surface area contributed by atoms with Crippen molar-refractivity contribution in [3.63, 3.8) is 0 Å². The molecule has 0 fully saturated rings. The van der Waals surface area contributed by atoms with E-state index in [4.69, 9.17) is 9.84 Å². The molecule has 0 bridgehead atoms. The molecule has 6 heteroatoms. The van der Waals surface area contributed by atoms with Crippen molar-refractivity contribution in [2.75, 3.05) is 19.0 Å². The minimum Gasteiger partial charge on any atom is -0.478 e. The average Bonchev–Trinajstić information content (AvgIpc) is 2.36. The number of hydrogen-bond donors (Lipinski definition) is 3. The highest BCUT2D eigenvalue weighted by atomic mass is 16.5. The molecule has 0 aromatic heterocycles. The Morgan fingerprint density at radius 1 is 1.35 bits per heavy atom. The van der Waals surface area contributed by atoms with Crippen LogP contribution in [0.5, 0.6) is 0 Å². The van der Waals surface area contributed by atoms with E-state index in [0.29, 0.717) is 12.1 Å². The van der Waals surface area contributed by atoms with Crippen molar-refractivity contribution in [3.8, 4) is 0 Å². The summed E-state index contributed by atoms with van der Waals surface area (Å²) in [5.41, 5.74) is 0.464. The van der Waals surface area contributed by atoms with E-state index >= 15 is 0 Å². The monoisotopic (exact) mass is 280 g/mol. The molecule has 0 radical (unpaired) electrons. The highest BCUT2D eigenvalue weighted by Crippen LogP contribution is 2.19. The Hall–Kier alpha value is -2.08. The molecular formula is C14H20N2O4. The molecule has 0 aliphatic rings. The molecule has 2 amide bonds. The quantitative estimate of drug-likeness (QED) is 0.772. The van der Waals surface area contributed by atoms with E-state index in [1.165, 1.54) is 0 Å². The fourth-order valence-electron chi connectivity index (χ4n) is 1.59. The van der Waals surface area contributed by atoms with Crippen molar-refractivity contribution in [1.29, 1.82) is 0 Å². The molecular weight excluding hydrogens is 260 g/mol. The molecule has 0 aliphatic heterocycles. The number of amides is 2. The minimum absolute atomic E-state index is 0.0913. The minimum atomic E-state index is -1.07. The number of carbonyl (C=O) groups is 2. The Bertz CT molecular complexity index is 512. The fraction of sp³-hybridized carbons (Fsp3) is 0.429. The van der Waals surface area contributed by atoms with Gasteiger partial charge in [0, 0.05) is 13.7 Å². The van der Waals surface area contributed by atoms with Gasteiger partial charge < -0.3 is 20.5 Å². The molecule has 3 N–H and O–H groups in total. The van der Waals surface area contributed by atoms with Gasteiger partial charge >= 0.3 is 12.0 Å². The number of aromatic carboxylic acids is 1. The van der Waals surface area contributed by atoms with E-state index in [0.717, 1.165) is 0 Å². The number of anilines is 1. The van der Waals surface area contributed by atoms with E-state index < -0.39 is 17.6 Å². The lowest BCUT2D eigenvalue weighted by molar-refractivity contribution is 0.0257. The second-order valence-corrected chi connectivity index (χ2v) is 5.07. The van der Waals surface area contributed by atoms with Crippen LogP contribution >= 0.6 is 0 Å². The lowest BCUT2D eigenvalue weighted by Crippen LogP contribution is -2.41. The van der Waals surface area contributed by atoms with Crippen molar-refractivity contribution in [2.24, 2.45) is 0 Å². The van der Waals surface area contributed by atoms with Crippen LogP contribution in [0.4, 0.5) is 10.5 Å². The molecule has 0 heterocycles. The van der Waals surface area contributed by atoms with Crippen LogP contribution in [0.3, 0.4) is 0 Å². The van der Waals surface area contributed by atoms with Crippen molar-refractivity contribution >= 4 is 17.7 Å². The largest absolute Gasteiger partial charge is 0.478 e. The third-order valence-electron chi connectivity index (χ3n) is 2.96. The van der Waals surface area contributed by atoms with Crippen LogP contribution in [0.2, 0.25) is 0 Å². The van der Waals surface area contributed by atoms with E-state index in [1.54, 1.807) is 32.2 Å². The number of carbonyl (C=O) groups excluding carboxylic acids is 1. The molecule has 0 aliphatic carbocycles. The van der Waals surface area contributed by atoms with Crippen LogP contribution in [0.25, 0.3) is 0 Å². The molecule has 1 aromatic carbocycles. The molecule has 6 nitrogen and oxygen atoms in total. The Labute approximate surface area is 118 Å². The molecule has 0 atom stereocenters. The van der Waals surface area contributed by atoms with Crippen molar-refractivity contribution in [3.05, 3.63) is 29.3 Å². The first-order chi connectivity index (χ1) is 9.26. The number of ether oxygens (including phenoxy) is 1. The Morgan fingerprint density at radius 3 is 2.55 bits per heavy atom. The number of rotatable bonds is 5. The molecule has 1 aromatic rings. The predicted octanol–water partition coefficient (Wildman–Crippen LogP) is 2.24. The Balaban J connectivity index is 2.77. The van der Waals surface area contributed by atoms with Crippen LogP contribution in [0.1, 0.15) is 29.8 Å². The summed E-state index contributed by atoms with van der Waals surface area (Å²) in [6.45, 7) is 5.66. The standard InChI is InChI=1S/C14H20N2O4/c1-9-6-5-7-10(11(9)12(17)18)16-13(19)15-8-14(2,3)20-4/h5-7H,8H2,1-4H3,(H,17,18)(H2,15,16,19). The number of carboxylic acids is 1. The predicted molar refractivity (Wildman–Crippen MR) is 76.2 cm³/mol. The van der Waals surface area contributed by atoms with Crippen molar-refractivity contribution in [2.45, 2.75) is 26.4 Å². The summed E-state index contributed by atoms with van der Waals surface area (Å²) in [5, 5.41) is 14.3. The Kier molecular flexibility index (Phi) is 5.10. The third-order valence-corrected chi connectivity index (χ3v) is 2.96. The number of benzene rings is 1. The van der Waals surface area contributed by atoms with Gasteiger partial charge in [0.05, 0.1) is 16.9 Å². The first kappa shape index (κ1) is 16.0. The highest BCUT2D eigenvalue weighted by molar-refractivity contribution is 6.01. The maximum Gasteiger partial charge on any atom is 0.338 e. The smallest absolute Gasteiger partial charge is 0.338 e. The van der Waals surface area contributed by atoms with Gasteiger partial charge in [-0.1, -0.05) is 12.1 Å². The van der Waals surface area contributed by atoms with Gasteiger partial charge in [0.2, 0.25) is 0 Å². The molecule has 1 rings (SSSR count). The van der Waals surface area contributed by atoms with Crippen LogP contribution in [0, 0.1) is 6.92 Å². The van der Waals surface area contributed by atoms with Crippen LogP contribution in [-0.2, 0) is 4.74 Å². The lowest BCUT2D eigenvalue weighted by atomic mass is 10.1. The van der Waals surface area contributed by atoms with E-state index in [2.05, 4.69) is 10.6 Å². The number of aryl methyl sites for hydroxylation is 1. The first-order valence-electron chi connectivity index (χ1n) is 6.20. The number of urea groups is 1. The zero-order chi connectivity index (χ0) is 15.3. The van der Waals surface area contributed by atoms with Crippen LogP contribution < -0.4 is 10.6 Å². The van der Waals surface area contributed by atoms with Gasteiger partial charge in [-0.05, 0) is 32.4 Å². The summed E-state index contributed by atoms with van der Waals surface area (Å²) in [7, 11) is 1.56. The van der Waals surface area contributed by atoms with Gasteiger partial charge in [-0.15, -0.1) is 0 Å². The van der Waals surface area contributed by atoms with E-state index in [9.17, 15) is 9.59 Å². The molecule has 0 unspecified atom stereocenters. The zero-order valence-corrected chi connectivity index (χ0v) is 12.1. The fourth-order valence-corrected chi connectivity index (χ4v) is 1.59. The summed E-state index contributed by atoms with van der Waals surface area (Å²) in [5.74, 6) is -1.07. The molecule has 20 heavy (non-hydrogen) atoms. The van der Waals surface area contributed by atoms with Gasteiger partial charge in [0.15, 0.2) is 0 Å². The summed E-state index contributed by atoms with van der Waals surface area (Å²) >= 11 is 0. The average molecular weight is 280 g/mol. The summed E-state index contributed by atoms with van der Waals surface area (Å²) in [6.07, 6.45) is 0. The second kappa shape index (κ2) is 6.38. The first-order valence-corrected chi connectivity index (χ1v) is 6.20. The normalized spacial score (nSPS) is 11.0. The number of hydrogen-bond acceptors (Lipinski definition) is 3. The zero-order valence-electron chi connectivity index (χ0n) is 12.1. The van der Waals surface area contributed by atoms with Gasteiger partial charge in [-0.2, -0.15) is 0 Å². The highest BCUT2D eigenvalue weighted by Gasteiger charge is 2.19. The molecule has 110 valence electrons. The molecule has 0 saturated heterocycles. The maximum atomic E-state index is 11.8. The molecule has 0 spiro atoms. The Morgan fingerprint density at radius 2 is 2.00 bits per heavy atom. The number of methoxy groups -OCH3 is 1. The number of carboxylic acid groups (broad SMARTS) is 1. The summed E-state index contributed by atoms with van der Waals surface area (Å²) in [6, 6.07) is 4.46. The third kappa shape index (κ3) is 4.24. The second-order valence-electron chi connectivity index (χ2n) is 5.07. The molecule has 0 saturated carbocycles. The van der Waals surface area contributed by atoms with Gasteiger partial charge in [-0.3, -0.25) is 0 Å². The van der Waals surface area contributed by atoms with E-state index in [-0.39, 0.29) is 11.3 Å². The summed E-state index contributed by atoms with van der Waals surface area (Å²) < 4.78 is 5.18. The van der Waals surface area contributed by atoms with Crippen LogP contribution in [0.15, 0.2) is 18.2 Å². The SMILES string of the molecule is COC(C)(C)CNC(=O)Nc1cccc(C)c1C(=O)O. The number of nitrogens with one attached hydrogen (secondary N) is 2. The van der Waals surface area contributed by atoms with Crippen molar-refractivity contribution in [1.82, 2.24) is 5.32 Å². The maximum absolute atomic E-state index is 11.8. The van der Waals surface area contributed by atoms with Crippen LogP contribution in [-0.4, -0.2) is 36.4 Å². The van der Waals surface area contributed by atoms with Gasteiger partial charge in [-0.25, -0.2) is 9.59 Å². The van der Waals surface area contributed by atoms with Gasteiger partial charge in [0.1, 0.15) is 0 Å². The van der Waals surface area contributed by atoms with E-state index in [1.807, 2.05) is 13.8 Å².